The number of methoxy groups -OCH3 is 2. The first-order valence-electron chi connectivity index (χ1n) is 6.77. The Morgan fingerprint density at radius 2 is 1.71 bits per heavy atom. The number of hydrogen-bond acceptors (Lipinski definition) is 3. The summed E-state index contributed by atoms with van der Waals surface area (Å²) in [6.45, 7) is 4.88. The van der Waals surface area contributed by atoms with Crippen LogP contribution in [-0.2, 0) is 6.54 Å². The van der Waals surface area contributed by atoms with Crippen molar-refractivity contribution in [3.05, 3.63) is 51.5 Å². The Balaban J connectivity index is 2.25. The molecule has 0 aliphatic heterocycles. The molecule has 0 radical (unpaired) electrons. The van der Waals surface area contributed by atoms with Gasteiger partial charge in [0.25, 0.3) is 0 Å². The van der Waals surface area contributed by atoms with Crippen LogP contribution < -0.4 is 14.8 Å². The molecule has 2 aromatic carbocycles. The predicted molar refractivity (Wildman–Crippen MR) is 90.5 cm³/mol. The molecule has 0 saturated carbocycles. The third-order valence-corrected chi connectivity index (χ3v) is 3.90. The van der Waals surface area contributed by atoms with Gasteiger partial charge < -0.3 is 14.8 Å². The summed E-state index contributed by atoms with van der Waals surface area (Å²) in [4.78, 5) is 0. The number of anilines is 1. The number of rotatable bonds is 5. The summed E-state index contributed by atoms with van der Waals surface area (Å²) in [6, 6.07) is 10.1. The Morgan fingerprint density at radius 3 is 2.29 bits per heavy atom. The van der Waals surface area contributed by atoms with E-state index in [1.165, 1.54) is 11.1 Å². The van der Waals surface area contributed by atoms with Crippen molar-refractivity contribution in [3.8, 4) is 11.5 Å². The Hall–Kier alpha value is -1.68. The summed E-state index contributed by atoms with van der Waals surface area (Å²) in [5.41, 5.74) is 4.65. The highest BCUT2D eigenvalue weighted by Crippen LogP contribution is 2.32. The van der Waals surface area contributed by atoms with Gasteiger partial charge in [-0.3, -0.25) is 0 Å². The normalized spacial score (nSPS) is 10.3. The van der Waals surface area contributed by atoms with Crippen LogP contribution in [0.4, 0.5) is 5.69 Å². The van der Waals surface area contributed by atoms with Gasteiger partial charge in [-0.15, -0.1) is 0 Å². The van der Waals surface area contributed by atoms with E-state index in [1.54, 1.807) is 14.2 Å². The second-order valence-electron chi connectivity index (χ2n) is 4.92. The molecule has 112 valence electrons. The lowest BCUT2D eigenvalue weighted by molar-refractivity contribution is 0.352. The number of ether oxygens (including phenoxy) is 2. The summed E-state index contributed by atoms with van der Waals surface area (Å²) >= 11 is 3.52. The lowest BCUT2D eigenvalue weighted by Gasteiger charge is -2.16. The highest BCUT2D eigenvalue weighted by Gasteiger charge is 2.10. The molecule has 0 amide bonds. The minimum atomic E-state index is 0.684. The van der Waals surface area contributed by atoms with Gasteiger partial charge >= 0.3 is 0 Å². The lowest BCUT2D eigenvalue weighted by Crippen LogP contribution is -2.05. The van der Waals surface area contributed by atoms with Gasteiger partial charge in [-0.2, -0.15) is 0 Å². The third kappa shape index (κ3) is 3.50. The monoisotopic (exact) mass is 349 g/mol. The van der Waals surface area contributed by atoms with Crippen molar-refractivity contribution >= 4 is 21.6 Å². The second kappa shape index (κ2) is 6.85. The van der Waals surface area contributed by atoms with Crippen molar-refractivity contribution in [2.45, 2.75) is 20.4 Å². The largest absolute Gasteiger partial charge is 0.493 e. The molecule has 0 saturated heterocycles. The molecule has 0 bridgehead atoms. The van der Waals surface area contributed by atoms with E-state index in [1.807, 2.05) is 18.2 Å². The molecule has 0 unspecified atom stereocenters. The van der Waals surface area contributed by atoms with E-state index in [2.05, 4.69) is 47.2 Å². The van der Waals surface area contributed by atoms with E-state index in [-0.39, 0.29) is 0 Å². The van der Waals surface area contributed by atoms with E-state index < -0.39 is 0 Å². The fraction of sp³-hybridized carbons (Fsp3) is 0.294. The molecule has 0 aliphatic carbocycles. The average Bonchev–Trinajstić information content (AvgIpc) is 2.45. The van der Waals surface area contributed by atoms with Crippen molar-refractivity contribution in [2.24, 2.45) is 0 Å². The zero-order valence-electron chi connectivity index (χ0n) is 12.8. The SMILES string of the molecule is COc1cccc(CNc2c(C)cc(Br)cc2C)c1OC. The molecule has 21 heavy (non-hydrogen) atoms. The van der Waals surface area contributed by atoms with Gasteiger partial charge in [-0.05, 0) is 43.2 Å². The Bertz CT molecular complexity index is 618. The maximum Gasteiger partial charge on any atom is 0.165 e. The van der Waals surface area contributed by atoms with Crippen LogP contribution in [0, 0.1) is 13.8 Å². The highest BCUT2D eigenvalue weighted by atomic mass is 79.9. The number of nitrogens with one attached hydrogen (secondary N) is 1. The minimum Gasteiger partial charge on any atom is -0.493 e. The van der Waals surface area contributed by atoms with E-state index in [0.717, 1.165) is 27.2 Å². The zero-order chi connectivity index (χ0) is 15.4. The van der Waals surface area contributed by atoms with E-state index >= 15 is 0 Å². The zero-order valence-corrected chi connectivity index (χ0v) is 14.4. The molecule has 3 nitrogen and oxygen atoms in total. The van der Waals surface area contributed by atoms with E-state index in [9.17, 15) is 0 Å². The molecular formula is C17H20BrNO2. The maximum atomic E-state index is 5.46. The van der Waals surface area contributed by atoms with Crippen LogP contribution in [0.5, 0.6) is 11.5 Å². The average molecular weight is 350 g/mol. The van der Waals surface area contributed by atoms with Crippen LogP contribution in [0.25, 0.3) is 0 Å². The van der Waals surface area contributed by atoms with Crippen molar-refractivity contribution in [1.29, 1.82) is 0 Å². The Kier molecular flexibility index (Phi) is 5.12. The van der Waals surface area contributed by atoms with Crippen LogP contribution in [0.1, 0.15) is 16.7 Å². The molecule has 0 aliphatic rings. The second-order valence-corrected chi connectivity index (χ2v) is 5.84. The Labute approximate surface area is 134 Å². The number of para-hydroxylation sites is 1. The predicted octanol–water partition coefficient (Wildman–Crippen LogP) is 4.70. The lowest BCUT2D eigenvalue weighted by atomic mass is 10.1. The first-order chi connectivity index (χ1) is 10.1. The summed E-state index contributed by atoms with van der Waals surface area (Å²) in [5, 5.41) is 3.49. The minimum absolute atomic E-state index is 0.684. The van der Waals surface area contributed by atoms with Crippen LogP contribution in [0.15, 0.2) is 34.8 Å². The summed E-state index contributed by atoms with van der Waals surface area (Å²) < 4.78 is 11.9. The fourth-order valence-electron chi connectivity index (χ4n) is 2.47. The van der Waals surface area contributed by atoms with Crippen LogP contribution in [0.3, 0.4) is 0 Å². The number of aryl methyl sites for hydroxylation is 2. The quantitative estimate of drug-likeness (QED) is 0.848. The highest BCUT2D eigenvalue weighted by molar-refractivity contribution is 9.10. The summed E-state index contributed by atoms with van der Waals surface area (Å²) in [5.74, 6) is 1.53. The maximum absolute atomic E-state index is 5.46. The van der Waals surface area contributed by atoms with Gasteiger partial charge in [-0.25, -0.2) is 0 Å². The van der Waals surface area contributed by atoms with Crippen molar-refractivity contribution in [1.82, 2.24) is 0 Å². The number of hydrogen-bond donors (Lipinski definition) is 1. The van der Waals surface area contributed by atoms with Gasteiger partial charge in [0, 0.05) is 22.3 Å². The van der Waals surface area contributed by atoms with Crippen molar-refractivity contribution < 1.29 is 9.47 Å². The summed E-state index contributed by atoms with van der Waals surface area (Å²) in [6.07, 6.45) is 0. The first kappa shape index (κ1) is 15.7. The van der Waals surface area contributed by atoms with Gasteiger partial charge in [0.15, 0.2) is 11.5 Å². The molecule has 4 heteroatoms. The Morgan fingerprint density at radius 1 is 1.05 bits per heavy atom. The van der Waals surface area contributed by atoms with Gasteiger partial charge in [0.1, 0.15) is 0 Å². The molecule has 0 aromatic heterocycles. The molecule has 0 atom stereocenters. The molecule has 0 fully saturated rings. The topological polar surface area (TPSA) is 30.5 Å². The van der Waals surface area contributed by atoms with Crippen molar-refractivity contribution in [2.75, 3.05) is 19.5 Å². The van der Waals surface area contributed by atoms with Crippen LogP contribution >= 0.6 is 15.9 Å². The molecule has 0 heterocycles. The van der Waals surface area contributed by atoms with Gasteiger partial charge in [-0.1, -0.05) is 28.1 Å². The summed E-state index contributed by atoms with van der Waals surface area (Å²) in [7, 11) is 3.32. The molecule has 2 aromatic rings. The fourth-order valence-corrected chi connectivity index (χ4v) is 3.15. The van der Waals surface area contributed by atoms with Crippen LogP contribution in [0.2, 0.25) is 0 Å². The number of benzene rings is 2. The third-order valence-electron chi connectivity index (χ3n) is 3.44. The van der Waals surface area contributed by atoms with Gasteiger partial charge in [0.2, 0.25) is 0 Å². The standard InChI is InChI=1S/C17H20BrNO2/c1-11-8-14(18)9-12(2)16(11)19-10-13-6-5-7-15(20-3)17(13)21-4/h5-9,19H,10H2,1-4H3. The van der Waals surface area contributed by atoms with Crippen molar-refractivity contribution in [3.63, 3.8) is 0 Å². The molecular weight excluding hydrogens is 330 g/mol. The van der Waals surface area contributed by atoms with E-state index in [0.29, 0.717) is 6.54 Å². The van der Waals surface area contributed by atoms with E-state index in [4.69, 9.17) is 9.47 Å². The van der Waals surface area contributed by atoms with Crippen LogP contribution in [-0.4, -0.2) is 14.2 Å². The molecule has 1 N–H and O–H groups in total. The first-order valence-corrected chi connectivity index (χ1v) is 7.56. The van der Waals surface area contributed by atoms with Gasteiger partial charge in [0.05, 0.1) is 14.2 Å². The smallest absolute Gasteiger partial charge is 0.165 e. The number of halogens is 1. The molecule has 2 rings (SSSR count). The molecule has 0 spiro atoms.